The number of aliphatic hydroxyl groups excluding tert-OH is 1. The van der Waals surface area contributed by atoms with Crippen LogP contribution in [0.1, 0.15) is 18.7 Å². The number of nitrogens with one attached hydrogen (secondary N) is 1. The molecule has 3 rings (SSSR count). The third-order valence-electron chi connectivity index (χ3n) is 3.43. The second kappa shape index (κ2) is 4.79. The van der Waals surface area contributed by atoms with Gasteiger partial charge < -0.3 is 10.1 Å². The van der Waals surface area contributed by atoms with E-state index in [9.17, 15) is 9.90 Å². The summed E-state index contributed by atoms with van der Waals surface area (Å²) >= 11 is 1.41. The van der Waals surface area contributed by atoms with E-state index in [2.05, 4.69) is 14.9 Å². The van der Waals surface area contributed by atoms with Crippen molar-refractivity contribution in [1.82, 2.24) is 14.9 Å². The largest absolute Gasteiger partial charge is 0.395 e. The smallest absolute Gasteiger partial charge is 0.268 e. The number of fused-ring (bicyclic) bond motifs is 1. The summed E-state index contributed by atoms with van der Waals surface area (Å²) in [7, 11) is 0. The molecule has 1 aliphatic rings. The van der Waals surface area contributed by atoms with E-state index in [0.29, 0.717) is 17.1 Å². The van der Waals surface area contributed by atoms with Gasteiger partial charge in [0.2, 0.25) is 0 Å². The number of aromatic amines is 1. The van der Waals surface area contributed by atoms with E-state index in [4.69, 9.17) is 0 Å². The Morgan fingerprint density at radius 1 is 1.61 bits per heavy atom. The van der Waals surface area contributed by atoms with E-state index in [-0.39, 0.29) is 18.2 Å². The number of likely N-dealkylation sites (tertiary alicyclic amines) is 1. The minimum atomic E-state index is -0.0651. The van der Waals surface area contributed by atoms with E-state index in [0.717, 1.165) is 24.9 Å². The summed E-state index contributed by atoms with van der Waals surface area (Å²) in [5, 5.41) is 11.2. The summed E-state index contributed by atoms with van der Waals surface area (Å²) in [5.41, 5.74) is 0.697. The number of hydrogen-bond acceptors (Lipinski definition) is 5. The predicted molar refractivity (Wildman–Crippen MR) is 70.8 cm³/mol. The monoisotopic (exact) mass is 265 g/mol. The van der Waals surface area contributed by atoms with Crippen LogP contribution < -0.4 is 5.56 Å². The van der Waals surface area contributed by atoms with Crippen LogP contribution in [0.5, 0.6) is 0 Å². The number of H-pyrrole nitrogens is 1. The fourth-order valence-electron chi connectivity index (χ4n) is 2.50. The maximum Gasteiger partial charge on any atom is 0.268 e. The quantitative estimate of drug-likeness (QED) is 0.866. The summed E-state index contributed by atoms with van der Waals surface area (Å²) < 4.78 is 0.680. The van der Waals surface area contributed by atoms with Gasteiger partial charge in [-0.05, 0) is 30.8 Å². The average molecular weight is 265 g/mol. The molecule has 3 heterocycles. The Hall–Kier alpha value is -1.24. The van der Waals surface area contributed by atoms with Crippen LogP contribution >= 0.6 is 11.3 Å². The minimum absolute atomic E-state index is 0.0651. The van der Waals surface area contributed by atoms with Gasteiger partial charge in [0, 0.05) is 6.04 Å². The molecule has 0 bridgehead atoms. The van der Waals surface area contributed by atoms with Gasteiger partial charge in [-0.3, -0.25) is 9.69 Å². The van der Waals surface area contributed by atoms with Crippen molar-refractivity contribution in [2.24, 2.45) is 0 Å². The number of aromatic nitrogens is 2. The van der Waals surface area contributed by atoms with Crippen molar-refractivity contribution in [3.63, 3.8) is 0 Å². The zero-order valence-electron chi connectivity index (χ0n) is 9.93. The number of hydrogen-bond donors (Lipinski definition) is 2. The molecule has 1 saturated heterocycles. The fraction of sp³-hybridized carbons (Fsp3) is 0.500. The summed E-state index contributed by atoms with van der Waals surface area (Å²) in [6.07, 6.45) is 2.11. The van der Waals surface area contributed by atoms with Crippen LogP contribution in [0, 0.1) is 0 Å². The molecule has 18 heavy (non-hydrogen) atoms. The molecule has 2 N–H and O–H groups in total. The Kier molecular flexibility index (Phi) is 3.15. The second-order valence-corrected chi connectivity index (χ2v) is 5.51. The van der Waals surface area contributed by atoms with Gasteiger partial charge in [0.05, 0.1) is 18.7 Å². The first-order chi connectivity index (χ1) is 8.78. The lowest BCUT2D eigenvalue weighted by molar-refractivity contribution is 0.151. The third kappa shape index (κ3) is 2.07. The lowest BCUT2D eigenvalue weighted by Crippen LogP contribution is -2.32. The standard InChI is InChI=1S/C12H15N3O2S/c16-7-8-2-1-4-15(8)6-10-13-9-3-5-18-11(9)12(17)14-10/h3,5,8,16H,1-2,4,6-7H2,(H,13,14,17)/t8-/m0/s1. The van der Waals surface area contributed by atoms with Crippen molar-refractivity contribution in [2.45, 2.75) is 25.4 Å². The highest BCUT2D eigenvalue weighted by atomic mass is 32.1. The zero-order valence-corrected chi connectivity index (χ0v) is 10.7. The SMILES string of the molecule is O=c1[nH]c(CN2CCC[C@H]2CO)nc2ccsc12. The number of aliphatic hydroxyl groups is 1. The Morgan fingerprint density at radius 2 is 2.50 bits per heavy atom. The predicted octanol–water partition coefficient (Wildman–Crippen LogP) is 0.941. The summed E-state index contributed by atoms with van der Waals surface area (Å²) in [5.74, 6) is 0.686. The van der Waals surface area contributed by atoms with E-state index in [1.807, 2.05) is 11.4 Å². The molecule has 96 valence electrons. The van der Waals surface area contributed by atoms with E-state index < -0.39 is 0 Å². The van der Waals surface area contributed by atoms with Crippen molar-refractivity contribution in [3.05, 3.63) is 27.6 Å². The molecular weight excluding hydrogens is 250 g/mol. The summed E-state index contributed by atoms with van der Waals surface area (Å²) in [6, 6.07) is 2.07. The Balaban J connectivity index is 1.88. The van der Waals surface area contributed by atoms with E-state index in [1.54, 1.807) is 0 Å². The molecule has 1 aliphatic heterocycles. The molecule has 0 aromatic carbocycles. The molecule has 0 saturated carbocycles. The van der Waals surface area contributed by atoms with Crippen LogP contribution in [0.25, 0.3) is 10.2 Å². The van der Waals surface area contributed by atoms with Crippen molar-refractivity contribution in [2.75, 3.05) is 13.2 Å². The summed E-state index contributed by atoms with van der Waals surface area (Å²) in [4.78, 5) is 21.3. The second-order valence-electron chi connectivity index (χ2n) is 4.60. The molecule has 0 amide bonds. The van der Waals surface area contributed by atoms with Crippen molar-refractivity contribution in [3.8, 4) is 0 Å². The zero-order chi connectivity index (χ0) is 12.5. The van der Waals surface area contributed by atoms with Gasteiger partial charge in [-0.2, -0.15) is 0 Å². The molecule has 0 unspecified atom stereocenters. The minimum Gasteiger partial charge on any atom is -0.395 e. The highest BCUT2D eigenvalue weighted by Crippen LogP contribution is 2.19. The number of nitrogens with zero attached hydrogens (tertiary/aromatic N) is 2. The first kappa shape index (κ1) is 11.8. The molecule has 0 aliphatic carbocycles. The Labute approximate surface area is 108 Å². The van der Waals surface area contributed by atoms with Crippen molar-refractivity contribution >= 4 is 21.6 Å². The Bertz CT molecular complexity index is 607. The van der Waals surface area contributed by atoms with Gasteiger partial charge in [-0.1, -0.05) is 0 Å². The average Bonchev–Trinajstić information content (AvgIpc) is 2.97. The van der Waals surface area contributed by atoms with Crippen LogP contribution in [0.4, 0.5) is 0 Å². The topological polar surface area (TPSA) is 69.2 Å². The first-order valence-electron chi connectivity index (χ1n) is 6.09. The molecule has 2 aromatic rings. The van der Waals surface area contributed by atoms with Gasteiger partial charge in [0.1, 0.15) is 10.5 Å². The van der Waals surface area contributed by atoms with Gasteiger partial charge >= 0.3 is 0 Å². The van der Waals surface area contributed by atoms with Gasteiger partial charge in [-0.25, -0.2) is 4.98 Å². The fourth-order valence-corrected chi connectivity index (χ4v) is 3.22. The highest BCUT2D eigenvalue weighted by Gasteiger charge is 2.24. The molecule has 1 atom stereocenters. The van der Waals surface area contributed by atoms with Crippen molar-refractivity contribution in [1.29, 1.82) is 0 Å². The molecule has 2 aromatic heterocycles. The Morgan fingerprint density at radius 3 is 3.33 bits per heavy atom. The van der Waals surface area contributed by atoms with E-state index >= 15 is 0 Å². The van der Waals surface area contributed by atoms with Crippen LogP contribution in [0.15, 0.2) is 16.2 Å². The molecule has 6 heteroatoms. The van der Waals surface area contributed by atoms with Gasteiger partial charge in [0.25, 0.3) is 5.56 Å². The molecule has 5 nitrogen and oxygen atoms in total. The van der Waals surface area contributed by atoms with Crippen LogP contribution in [-0.4, -0.2) is 39.2 Å². The maximum absolute atomic E-state index is 11.8. The molecular formula is C12H15N3O2S. The van der Waals surface area contributed by atoms with Gasteiger partial charge in [0.15, 0.2) is 0 Å². The summed E-state index contributed by atoms with van der Waals surface area (Å²) in [6.45, 7) is 1.73. The number of thiophene rings is 1. The van der Waals surface area contributed by atoms with Crippen LogP contribution in [0.2, 0.25) is 0 Å². The highest BCUT2D eigenvalue weighted by molar-refractivity contribution is 7.17. The van der Waals surface area contributed by atoms with Crippen molar-refractivity contribution < 1.29 is 5.11 Å². The van der Waals surface area contributed by atoms with Gasteiger partial charge in [-0.15, -0.1) is 11.3 Å². The third-order valence-corrected chi connectivity index (χ3v) is 4.33. The van der Waals surface area contributed by atoms with E-state index in [1.165, 1.54) is 11.3 Å². The molecule has 0 spiro atoms. The lowest BCUT2D eigenvalue weighted by Gasteiger charge is -2.21. The maximum atomic E-state index is 11.8. The first-order valence-corrected chi connectivity index (χ1v) is 6.97. The number of rotatable bonds is 3. The molecule has 1 fully saturated rings. The van der Waals surface area contributed by atoms with Crippen LogP contribution in [-0.2, 0) is 6.54 Å². The molecule has 0 radical (unpaired) electrons. The lowest BCUT2D eigenvalue weighted by atomic mass is 10.2. The normalized spacial score (nSPS) is 20.8. The van der Waals surface area contributed by atoms with Crippen LogP contribution in [0.3, 0.4) is 0 Å².